The van der Waals surface area contributed by atoms with Crippen LogP contribution in [0.4, 0.5) is 0 Å². The van der Waals surface area contributed by atoms with Gasteiger partial charge in [0.15, 0.2) is 6.10 Å². The van der Waals surface area contributed by atoms with E-state index < -0.39 is 6.10 Å². The molecule has 0 saturated heterocycles. The molecule has 0 N–H and O–H groups in total. The van der Waals surface area contributed by atoms with E-state index in [0.717, 1.165) is 89.9 Å². The molecule has 0 aliphatic rings. The quantitative estimate of drug-likeness (QED) is 0.0261. The first-order valence-corrected chi connectivity index (χ1v) is 33.4. The van der Waals surface area contributed by atoms with E-state index in [1.165, 1.54) is 180 Å². The first-order chi connectivity index (χ1) is 39.0. The highest BCUT2D eigenvalue weighted by atomic mass is 16.6. The fourth-order valence-corrected chi connectivity index (χ4v) is 9.25. The van der Waals surface area contributed by atoms with Crippen LogP contribution >= 0.6 is 0 Å². The van der Waals surface area contributed by atoms with Gasteiger partial charge in [-0.1, -0.05) is 284 Å². The normalized spacial score (nSPS) is 12.8. The fourth-order valence-electron chi connectivity index (χ4n) is 9.25. The molecule has 79 heavy (non-hydrogen) atoms. The number of esters is 3. The molecule has 0 amide bonds. The second-order valence-electron chi connectivity index (χ2n) is 22.0. The zero-order valence-corrected chi connectivity index (χ0v) is 51.9. The zero-order valence-electron chi connectivity index (χ0n) is 51.9. The van der Waals surface area contributed by atoms with Crippen molar-refractivity contribution in [2.24, 2.45) is 0 Å². The maximum Gasteiger partial charge on any atom is 0.306 e. The number of unbranched alkanes of at least 4 members (excludes halogenated alkanes) is 31. The Labute approximate surface area is 489 Å². The first-order valence-electron chi connectivity index (χ1n) is 33.4. The molecule has 6 heteroatoms. The molecule has 0 rings (SSSR count). The fraction of sp³-hybridized carbons (Fsp3) is 0.712. The van der Waals surface area contributed by atoms with E-state index in [4.69, 9.17) is 14.2 Å². The summed E-state index contributed by atoms with van der Waals surface area (Å²) in [5, 5.41) is 0. The Kier molecular flexibility index (Phi) is 63.3. The summed E-state index contributed by atoms with van der Waals surface area (Å²) in [7, 11) is 0. The van der Waals surface area contributed by atoms with E-state index >= 15 is 0 Å². The van der Waals surface area contributed by atoms with Crippen LogP contribution in [0.15, 0.2) is 109 Å². The Hall–Kier alpha value is -3.93. The Morgan fingerprint density at radius 3 is 0.823 bits per heavy atom. The lowest BCUT2D eigenvalue weighted by molar-refractivity contribution is -0.167. The predicted octanol–water partition coefficient (Wildman–Crippen LogP) is 23.0. The van der Waals surface area contributed by atoms with Crippen molar-refractivity contribution in [2.75, 3.05) is 13.2 Å². The molecule has 0 aromatic heterocycles. The Balaban J connectivity index is 4.38. The molecule has 0 spiro atoms. The minimum absolute atomic E-state index is 0.103. The van der Waals surface area contributed by atoms with E-state index in [0.29, 0.717) is 19.3 Å². The average molecular weight is 1100 g/mol. The third kappa shape index (κ3) is 64.8. The third-order valence-corrected chi connectivity index (χ3v) is 14.2. The van der Waals surface area contributed by atoms with Crippen LogP contribution in [0.5, 0.6) is 0 Å². The van der Waals surface area contributed by atoms with Crippen molar-refractivity contribution < 1.29 is 28.6 Å². The van der Waals surface area contributed by atoms with E-state index in [9.17, 15) is 14.4 Å². The van der Waals surface area contributed by atoms with Gasteiger partial charge in [-0.15, -0.1) is 0 Å². The molecular formula is C73H124O6. The van der Waals surface area contributed by atoms with Gasteiger partial charge in [0.2, 0.25) is 0 Å². The highest BCUT2D eigenvalue weighted by Gasteiger charge is 2.19. The molecule has 0 aromatic rings. The summed E-state index contributed by atoms with van der Waals surface area (Å²) in [6, 6.07) is 0. The van der Waals surface area contributed by atoms with Gasteiger partial charge in [0.05, 0.1) is 0 Å². The van der Waals surface area contributed by atoms with Gasteiger partial charge in [0.1, 0.15) is 13.2 Å². The molecule has 0 radical (unpaired) electrons. The lowest BCUT2D eigenvalue weighted by Crippen LogP contribution is -2.30. The number of carbonyl (C=O) groups is 3. The average Bonchev–Trinajstić information content (AvgIpc) is 3.45. The van der Waals surface area contributed by atoms with Crippen molar-refractivity contribution in [2.45, 2.75) is 322 Å². The molecule has 1 unspecified atom stereocenters. The molecule has 0 fully saturated rings. The van der Waals surface area contributed by atoms with E-state index in [1.807, 2.05) is 0 Å². The number of rotatable bonds is 60. The Morgan fingerprint density at radius 1 is 0.266 bits per heavy atom. The van der Waals surface area contributed by atoms with Gasteiger partial charge < -0.3 is 14.2 Å². The summed E-state index contributed by atoms with van der Waals surface area (Å²) in [6.45, 7) is 6.48. The number of ether oxygens (including phenoxy) is 3. The largest absolute Gasteiger partial charge is 0.462 e. The van der Waals surface area contributed by atoms with Crippen LogP contribution in [0.1, 0.15) is 316 Å². The maximum atomic E-state index is 12.9. The lowest BCUT2D eigenvalue weighted by atomic mass is 10.0. The van der Waals surface area contributed by atoms with Crippen molar-refractivity contribution in [1.29, 1.82) is 0 Å². The van der Waals surface area contributed by atoms with Crippen LogP contribution in [0.2, 0.25) is 0 Å². The molecule has 0 aliphatic carbocycles. The van der Waals surface area contributed by atoms with Gasteiger partial charge >= 0.3 is 17.9 Å². The lowest BCUT2D eigenvalue weighted by Gasteiger charge is -2.18. The van der Waals surface area contributed by atoms with Crippen LogP contribution in [-0.2, 0) is 28.6 Å². The molecule has 0 saturated carbocycles. The molecule has 0 aliphatic heterocycles. The van der Waals surface area contributed by atoms with Crippen LogP contribution in [0.25, 0.3) is 0 Å². The van der Waals surface area contributed by atoms with Gasteiger partial charge in [-0.25, -0.2) is 0 Å². The van der Waals surface area contributed by atoms with E-state index in [1.54, 1.807) is 0 Å². The topological polar surface area (TPSA) is 78.9 Å². The molecule has 1 atom stereocenters. The van der Waals surface area contributed by atoms with Gasteiger partial charge in [-0.05, 0) is 122 Å². The van der Waals surface area contributed by atoms with Gasteiger partial charge in [-0.3, -0.25) is 14.4 Å². The first kappa shape index (κ1) is 75.1. The number of hydrogen-bond donors (Lipinski definition) is 0. The summed E-state index contributed by atoms with van der Waals surface area (Å²) in [5.74, 6) is -0.959. The Morgan fingerprint density at radius 2 is 0.506 bits per heavy atom. The van der Waals surface area contributed by atoms with Gasteiger partial charge in [-0.2, -0.15) is 0 Å². The summed E-state index contributed by atoms with van der Waals surface area (Å²) in [5.41, 5.74) is 0. The zero-order chi connectivity index (χ0) is 57.1. The molecule has 0 bridgehead atoms. The van der Waals surface area contributed by atoms with Gasteiger partial charge in [0.25, 0.3) is 0 Å². The summed E-state index contributed by atoms with van der Waals surface area (Å²) >= 11 is 0. The smallest absolute Gasteiger partial charge is 0.306 e. The van der Waals surface area contributed by atoms with E-state index in [-0.39, 0.29) is 37.5 Å². The van der Waals surface area contributed by atoms with Crippen LogP contribution in [0.3, 0.4) is 0 Å². The van der Waals surface area contributed by atoms with Crippen LogP contribution in [-0.4, -0.2) is 37.2 Å². The SMILES string of the molecule is CC/C=C\C/C=C\C/C=C\C/C=C\C/C=C\CCCC(=O)OC(COC(=O)CCCCCCCCC/C=C\CCCCCCCC)COC(=O)CCCCCCCCCCCCCC/C=C\C/C=C\C/C=C\CCCCCCC. The molecule has 0 heterocycles. The van der Waals surface area contributed by atoms with Crippen molar-refractivity contribution in [3.63, 3.8) is 0 Å². The van der Waals surface area contributed by atoms with E-state index in [2.05, 4.69) is 130 Å². The van der Waals surface area contributed by atoms with Crippen molar-refractivity contribution in [1.82, 2.24) is 0 Å². The van der Waals surface area contributed by atoms with Crippen molar-refractivity contribution in [3.05, 3.63) is 109 Å². The maximum absolute atomic E-state index is 12.9. The van der Waals surface area contributed by atoms with Gasteiger partial charge in [0, 0.05) is 19.3 Å². The number of hydrogen-bond acceptors (Lipinski definition) is 6. The van der Waals surface area contributed by atoms with Crippen LogP contribution in [0, 0.1) is 0 Å². The summed E-state index contributed by atoms with van der Waals surface area (Å²) in [4.78, 5) is 38.3. The minimum Gasteiger partial charge on any atom is -0.462 e. The summed E-state index contributed by atoms with van der Waals surface area (Å²) < 4.78 is 16.9. The molecule has 6 nitrogen and oxygen atoms in total. The Bertz CT molecular complexity index is 1590. The highest BCUT2D eigenvalue weighted by molar-refractivity contribution is 5.71. The molecular weight excluding hydrogens is 973 g/mol. The second-order valence-corrected chi connectivity index (χ2v) is 22.0. The second kappa shape index (κ2) is 66.6. The summed E-state index contributed by atoms with van der Waals surface area (Å²) in [6.07, 6.45) is 91.1. The molecule has 452 valence electrons. The monoisotopic (exact) mass is 1100 g/mol. The minimum atomic E-state index is -0.813. The number of carbonyl (C=O) groups excluding carboxylic acids is 3. The highest BCUT2D eigenvalue weighted by Crippen LogP contribution is 2.16. The third-order valence-electron chi connectivity index (χ3n) is 14.2. The van der Waals surface area contributed by atoms with Crippen molar-refractivity contribution >= 4 is 17.9 Å². The number of allylic oxidation sites excluding steroid dienone is 18. The van der Waals surface area contributed by atoms with Crippen LogP contribution < -0.4 is 0 Å². The predicted molar refractivity (Wildman–Crippen MR) is 343 cm³/mol. The molecule has 0 aromatic carbocycles. The van der Waals surface area contributed by atoms with Crippen molar-refractivity contribution in [3.8, 4) is 0 Å². The standard InChI is InChI=1S/C73H124O6/c1-4-7-10-13-16-19-22-25-28-31-32-33-34-35-36-37-38-39-40-43-45-48-51-54-57-60-63-66-72(75)78-69-70(79-73(76)67-64-61-58-55-52-49-46-42-30-27-24-21-18-15-12-9-6-3)68-77-71(74)65-62-59-56-53-50-47-44-41-29-26-23-20-17-14-11-8-5-2/h9,12,18,21-22,25-27,29-32,34-35,46,49,55,58,70H,4-8,10-11,13-17,19-20,23-24,28,33,36-45,47-48,50-54,56-57,59-69H2,1-3H3/b12-9-,21-18-,25-22-,29-26-,30-27-,32-31-,35-34-,49-46-,58-55-.